The van der Waals surface area contributed by atoms with Gasteiger partial charge in [0, 0.05) is 30.6 Å². The third-order valence-electron chi connectivity index (χ3n) is 4.85. The van der Waals surface area contributed by atoms with Crippen LogP contribution in [0.2, 0.25) is 0 Å². The molecule has 0 aromatic heterocycles. The maximum absolute atomic E-state index is 12.9. The summed E-state index contributed by atoms with van der Waals surface area (Å²) in [6, 6.07) is -0.802. The van der Waals surface area contributed by atoms with Crippen molar-refractivity contribution in [1.29, 1.82) is 0 Å². The molecule has 2 unspecified atom stereocenters. The van der Waals surface area contributed by atoms with Gasteiger partial charge in [0.1, 0.15) is 11.6 Å². The highest BCUT2D eigenvalue weighted by molar-refractivity contribution is 5.90. The van der Waals surface area contributed by atoms with E-state index in [1.807, 2.05) is 0 Å². The standard InChI is InChI=1S/C18H30N6O4/c1-18(2,3)28-17(27)21-14-8-4-5-9-23(16(14)26)12-15(25)24-10-6-7-13(24)11-20-22-19/h13-14H,4-12H2,1-3H3,(H,21,27). The van der Waals surface area contributed by atoms with Gasteiger partial charge in [-0.3, -0.25) is 9.59 Å². The first-order valence-corrected chi connectivity index (χ1v) is 9.80. The number of hydrogen-bond donors (Lipinski definition) is 1. The predicted octanol–water partition coefficient (Wildman–Crippen LogP) is 2.19. The molecule has 0 aromatic carbocycles. The van der Waals surface area contributed by atoms with E-state index in [0.717, 1.165) is 25.7 Å². The molecule has 2 atom stereocenters. The number of amides is 3. The van der Waals surface area contributed by atoms with Crippen molar-refractivity contribution in [3.63, 3.8) is 0 Å². The minimum atomic E-state index is -0.692. The van der Waals surface area contributed by atoms with Crippen LogP contribution in [0.3, 0.4) is 0 Å². The summed E-state index contributed by atoms with van der Waals surface area (Å²) < 4.78 is 5.24. The van der Waals surface area contributed by atoms with Crippen LogP contribution in [0.5, 0.6) is 0 Å². The van der Waals surface area contributed by atoms with E-state index in [1.165, 1.54) is 4.90 Å². The molecule has 2 aliphatic heterocycles. The number of carbonyl (C=O) groups excluding carboxylic acids is 3. The van der Waals surface area contributed by atoms with Crippen LogP contribution in [-0.4, -0.2) is 71.6 Å². The Balaban J connectivity index is 1.98. The number of ether oxygens (including phenoxy) is 1. The van der Waals surface area contributed by atoms with E-state index in [9.17, 15) is 14.4 Å². The van der Waals surface area contributed by atoms with Gasteiger partial charge in [0.25, 0.3) is 0 Å². The van der Waals surface area contributed by atoms with E-state index in [-0.39, 0.29) is 30.9 Å². The molecule has 2 aliphatic rings. The highest BCUT2D eigenvalue weighted by atomic mass is 16.6. The fourth-order valence-corrected chi connectivity index (χ4v) is 3.58. The second kappa shape index (κ2) is 9.64. The third kappa shape index (κ3) is 6.30. The zero-order valence-electron chi connectivity index (χ0n) is 16.9. The van der Waals surface area contributed by atoms with E-state index >= 15 is 0 Å². The van der Waals surface area contributed by atoms with E-state index < -0.39 is 17.7 Å². The average molecular weight is 394 g/mol. The number of carbonyl (C=O) groups is 3. The lowest BCUT2D eigenvalue weighted by molar-refractivity contribution is -0.141. The first kappa shape index (κ1) is 21.8. The van der Waals surface area contributed by atoms with Crippen LogP contribution < -0.4 is 5.32 Å². The second-order valence-corrected chi connectivity index (χ2v) is 8.25. The Labute approximate surface area is 165 Å². The highest BCUT2D eigenvalue weighted by Crippen LogP contribution is 2.19. The molecule has 2 heterocycles. The molecule has 3 amide bonds. The van der Waals surface area contributed by atoms with E-state index in [0.29, 0.717) is 19.5 Å². The molecule has 0 saturated carbocycles. The normalized spacial score (nSPS) is 23.0. The van der Waals surface area contributed by atoms with Crippen molar-refractivity contribution in [3.05, 3.63) is 10.4 Å². The van der Waals surface area contributed by atoms with E-state index in [4.69, 9.17) is 10.3 Å². The Morgan fingerprint density at radius 2 is 2.00 bits per heavy atom. The molecule has 0 aromatic rings. The zero-order valence-corrected chi connectivity index (χ0v) is 16.9. The first-order chi connectivity index (χ1) is 13.2. The Hall–Kier alpha value is -2.48. The lowest BCUT2D eigenvalue weighted by Crippen LogP contribution is -2.51. The molecule has 0 spiro atoms. The van der Waals surface area contributed by atoms with Crippen LogP contribution in [0.25, 0.3) is 10.4 Å². The van der Waals surface area contributed by atoms with Gasteiger partial charge in [-0.1, -0.05) is 5.11 Å². The Morgan fingerprint density at radius 3 is 2.68 bits per heavy atom. The Morgan fingerprint density at radius 1 is 1.25 bits per heavy atom. The summed E-state index contributed by atoms with van der Waals surface area (Å²) in [7, 11) is 0. The van der Waals surface area contributed by atoms with Gasteiger partial charge in [-0.15, -0.1) is 0 Å². The third-order valence-corrected chi connectivity index (χ3v) is 4.85. The molecule has 0 aliphatic carbocycles. The number of nitrogens with one attached hydrogen (secondary N) is 1. The summed E-state index contributed by atoms with van der Waals surface area (Å²) in [4.78, 5) is 43.6. The van der Waals surface area contributed by atoms with Crippen molar-refractivity contribution in [2.45, 2.75) is 70.6 Å². The molecule has 2 fully saturated rings. The quantitative estimate of drug-likeness (QED) is 0.435. The Bertz CT molecular complexity index is 640. The molecule has 0 bridgehead atoms. The van der Waals surface area contributed by atoms with Crippen molar-refractivity contribution < 1.29 is 19.1 Å². The van der Waals surface area contributed by atoms with Crippen molar-refractivity contribution in [2.75, 3.05) is 26.2 Å². The topological polar surface area (TPSA) is 128 Å². The summed E-state index contributed by atoms with van der Waals surface area (Å²) >= 11 is 0. The number of likely N-dealkylation sites (tertiary alicyclic amines) is 2. The summed E-state index contributed by atoms with van der Waals surface area (Å²) in [6.07, 6.45) is 3.09. The number of azide groups is 1. The van der Waals surface area contributed by atoms with Gasteiger partial charge < -0.3 is 19.9 Å². The number of rotatable bonds is 5. The molecule has 10 heteroatoms. The van der Waals surface area contributed by atoms with Crippen LogP contribution in [0.4, 0.5) is 4.79 Å². The minimum absolute atomic E-state index is 0.0297. The summed E-state index contributed by atoms with van der Waals surface area (Å²) in [5.41, 5.74) is 7.86. The van der Waals surface area contributed by atoms with Crippen LogP contribution >= 0.6 is 0 Å². The molecular formula is C18H30N6O4. The smallest absolute Gasteiger partial charge is 0.408 e. The van der Waals surface area contributed by atoms with Gasteiger partial charge in [-0.25, -0.2) is 4.79 Å². The first-order valence-electron chi connectivity index (χ1n) is 9.80. The SMILES string of the molecule is CC(C)(C)OC(=O)NC1CCCCN(CC(=O)N2CCCC2CN=[N+]=[N-])C1=O. The van der Waals surface area contributed by atoms with Crippen LogP contribution in [0.15, 0.2) is 5.11 Å². The van der Waals surface area contributed by atoms with Gasteiger partial charge in [-0.05, 0) is 58.4 Å². The lowest BCUT2D eigenvalue weighted by Gasteiger charge is -2.29. The summed E-state index contributed by atoms with van der Waals surface area (Å²) in [5.74, 6) is -0.413. The van der Waals surface area contributed by atoms with E-state index in [1.54, 1.807) is 25.7 Å². The van der Waals surface area contributed by atoms with Gasteiger partial charge >= 0.3 is 6.09 Å². The van der Waals surface area contributed by atoms with Crippen LogP contribution in [0.1, 0.15) is 52.9 Å². The van der Waals surface area contributed by atoms with Gasteiger partial charge in [0.2, 0.25) is 11.8 Å². The van der Waals surface area contributed by atoms with Gasteiger partial charge in [0.15, 0.2) is 0 Å². The van der Waals surface area contributed by atoms with Crippen molar-refractivity contribution in [1.82, 2.24) is 15.1 Å². The number of alkyl carbamates (subject to hydrolysis) is 1. The predicted molar refractivity (Wildman–Crippen MR) is 102 cm³/mol. The Kier molecular flexibility index (Phi) is 7.51. The highest BCUT2D eigenvalue weighted by Gasteiger charge is 2.34. The number of nitrogens with zero attached hydrogens (tertiary/aromatic N) is 5. The fourth-order valence-electron chi connectivity index (χ4n) is 3.58. The zero-order chi connectivity index (χ0) is 20.7. The van der Waals surface area contributed by atoms with Crippen LogP contribution in [-0.2, 0) is 14.3 Å². The number of hydrogen-bond acceptors (Lipinski definition) is 5. The van der Waals surface area contributed by atoms with E-state index in [2.05, 4.69) is 15.3 Å². The molecule has 0 radical (unpaired) electrons. The molecule has 28 heavy (non-hydrogen) atoms. The van der Waals surface area contributed by atoms with Crippen molar-refractivity contribution >= 4 is 17.9 Å². The lowest BCUT2D eigenvalue weighted by atomic mass is 10.1. The maximum atomic E-state index is 12.9. The summed E-state index contributed by atoms with van der Waals surface area (Å²) in [6.45, 7) is 6.58. The van der Waals surface area contributed by atoms with Crippen molar-refractivity contribution in [3.8, 4) is 0 Å². The fraction of sp³-hybridized carbons (Fsp3) is 0.833. The molecule has 10 nitrogen and oxygen atoms in total. The van der Waals surface area contributed by atoms with Crippen molar-refractivity contribution in [2.24, 2.45) is 5.11 Å². The largest absolute Gasteiger partial charge is 0.444 e. The molecule has 1 N–H and O–H groups in total. The molecular weight excluding hydrogens is 364 g/mol. The van der Waals surface area contributed by atoms with Crippen LogP contribution in [0, 0.1) is 0 Å². The monoisotopic (exact) mass is 394 g/mol. The molecule has 2 saturated heterocycles. The molecule has 2 rings (SSSR count). The average Bonchev–Trinajstić information content (AvgIpc) is 3.01. The second-order valence-electron chi connectivity index (χ2n) is 8.25. The van der Waals surface area contributed by atoms with Gasteiger partial charge in [-0.2, -0.15) is 0 Å². The molecule has 156 valence electrons. The summed E-state index contributed by atoms with van der Waals surface area (Å²) in [5, 5.41) is 6.22. The van der Waals surface area contributed by atoms with Gasteiger partial charge in [0.05, 0.1) is 6.54 Å². The maximum Gasteiger partial charge on any atom is 0.408 e. The minimum Gasteiger partial charge on any atom is -0.444 e.